The predicted octanol–water partition coefficient (Wildman–Crippen LogP) is 1.54. The van der Waals surface area contributed by atoms with Crippen LogP contribution in [0.4, 0.5) is 0 Å². The van der Waals surface area contributed by atoms with Gasteiger partial charge < -0.3 is 15.8 Å². The Morgan fingerprint density at radius 1 is 1.44 bits per heavy atom. The summed E-state index contributed by atoms with van der Waals surface area (Å²) >= 11 is 0. The van der Waals surface area contributed by atoms with Crippen LogP contribution in [0, 0.1) is 17.8 Å². The van der Waals surface area contributed by atoms with Crippen LogP contribution in [0.1, 0.15) is 39.5 Å². The van der Waals surface area contributed by atoms with Crippen molar-refractivity contribution in [1.29, 1.82) is 0 Å². The molecule has 0 aromatic rings. The quantitative estimate of drug-likeness (QED) is 0.583. The van der Waals surface area contributed by atoms with Crippen LogP contribution in [0.2, 0.25) is 0 Å². The molecule has 4 heteroatoms. The number of carbonyl (C=O) groups excluding carboxylic acids is 1. The Bertz CT molecular complexity index is 240. The van der Waals surface area contributed by atoms with E-state index in [0.717, 1.165) is 18.9 Å². The predicted molar refractivity (Wildman–Crippen MR) is 73.2 cm³/mol. The number of nitrogens with one attached hydrogen (secondary N) is 1. The first-order valence-electron chi connectivity index (χ1n) is 7.16. The van der Waals surface area contributed by atoms with E-state index in [1.807, 2.05) is 0 Å². The van der Waals surface area contributed by atoms with Gasteiger partial charge in [0.2, 0.25) is 5.91 Å². The molecule has 1 aliphatic rings. The number of ether oxygens (including phenoxy) is 1. The molecule has 0 aromatic carbocycles. The first-order valence-corrected chi connectivity index (χ1v) is 7.16. The van der Waals surface area contributed by atoms with Crippen molar-refractivity contribution < 1.29 is 9.53 Å². The lowest BCUT2D eigenvalue weighted by Gasteiger charge is -2.16. The van der Waals surface area contributed by atoms with Crippen molar-refractivity contribution in [3.05, 3.63) is 0 Å². The fourth-order valence-corrected chi connectivity index (χ4v) is 2.06. The Morgan fingerprint density at radius 3 is 2.72 bits per heavy atom. The minimum Gasteiger partial charge on any atom is -0.379 e. The molecule has 0 bridgehead atoms. The molecular formula is C14H28N2O2. The third-order valence-corrected chi connectivity index (χ3v) is 3.23. The molecule has 18 heavy (non-hydrogen) atoms. The smallest absolute Gasteiger partial charge is 0.220 e. The number of hydrogen-bond donors (Lipinski definition) is 2. The number of hydrogen-bond acceptors (Lipinski definition) is 3. The summed E-state index contributed by atoms with van der Waals surface area (Å²) in [6.45, 7) is 7.00. The molecule has 1 saturated carbocycles. The lowest BCUT2D eigenvalue weighted by molar-refractivity contribution is -0.122. The van der Waals surface area contributed by atoms with E-state index < -0.39 is 0 Å². The van der Waals surface area contributed by atoms with Gasteiger partial charge in [-0.25, -0.2) is 0 Å². The lowest BCUT2D eigenvalue weighted by Crippen LogP contribution is -2.31. The van der Waals surface area contributed by atoms with Crippen LogP contribution in [0.5, 0.6) is 0 Å². The Labute approximate surface area is 111 Å². The highest BCUT2D eigenvalue weighted by Gasteiger charge is 2.21. The van der Waals surface area contributed by atoms with Crippen LogP contribution in [0.25, 0.3) is 0 Å². The molecule has 1 rings (SSSR count). The molecule has 4 nitrogen and oxygen atoms in total. The van der Waals surface area contributed by atoms with Crippen LogP contribution in [0.15, 0.2) is 0 Å². The van der Waals surface area contributed by atoms with Crippen molar-refractivity contribution in [1.82, 2.24) is 5.32 Å². The number of nitrogens with two attached hydrogens (primary N) is 1. The third kappa shape index (κ3) is 7.67. The van der Waals surface area contributed by atoms with E-state index in [0.29, 0.717) is 38.0 Å². The highest BCUT2D eigenvalue weighted by molar-refractivity contribution is 5.76. The van der Waals surface area contributed by atoms with Gasteiger partial charge in [0.25, 0.3) is 0 Å². The summed E-state index contributed by atoms with van der Waals surface area (Å²) in [7, 11) is 0. The van der Waals surface area contributed by atoms with Gasteiger partial charge in [-0.1, -0.05) is 13.8 Å². The van der Waals surface area contributed by atoms with Gasteiger partial charge in [0.1, 0.15) is 0 Å². The third-order valence-electron chi connectivity index (χ3n) is 3.23. The van der Waals surface area contributed by atoms with E-state index in [1.54, 1.807) is 0 Å². The minimum atomic E-state index is 0.0983. The molecule has 1 aliphatic carbocycles. The molecule has 3 N–H and O–H groups in total. The zero-order valence-electron chi connectivity index (χ0n) is 11.8. The van der Waals surface area contributed by atoms with E-state index in [4.69, 9.17) is 10.5 Å². The van der Waals surface area contributed by atoms with Gasteiger partial charge in [0.05, 0.1) is 6.61 Å². The van der Waals surface area contributed by atoms with Gasteiger partial charge in [-0.05, 0) is 43.6 Å². The normalized spacial score (nSPS) is 16.9. The van der Waals surface area contributed by atoms with Gasteiger partial charge in [0, 0.05) is 19.6 Å². The van der Waals surface area contributed by atoms with Gasteiger partial charge in [-0.3, -0.25) is 4.79 Å². The molecule has 1 fully saturated rings. The van der Waals surface area contributed by atoms with E-state index in [1.165, 1.54) is 12.8 Å². The molecule has 0 heterocycles. The molecule has 0 saturated heterocycles. The highest BCUT2D eigenvalue weighted by Crippen LogP contribution is 2.28. The van der Waals surface area contributed by atoms with Crippen LogP contribution >= 0.6 is 0 Å². The topological polar surface area (TPSA) is 64.4 Å². The van der Waals surface area contributed by atoms with Crippen molar-refractivity contribution in [2.45, 2.75) is 39.5 Å². The summed E-state index contributed by atoms with van der Waals surface area (Å²) < 4.78 is 5.46. The molecule has 1 amide bonds. The fraction of sp³-hybridized carbons (Fsp3) is 0.929. The summed E-state index contributed by atoms with van der Waals surface area (Å²) in [5.74, 6) is 1.78. The van der Waals surface area contributed by atoms with Crippen LogP contribution in [-0.4, -0.2) is 32.2 Å². The monoisotopic (exact) mass is 256 g/mol. The zero-order chi connectivity index (χ0) is 13.4. The van der Waals surface area contributed by atoms with E-state index in [2.05, 4.69) is 19.2 Å². The largest absolute Gasteiger partial charge is 0.379 e. The number of amides is 1. The average molecular weight is 256 g/mol. The summed E-state index contributed by atoms with van der Waals surface area (Å²) in [4.78, 5) is 11.7. The standard InChI is InChI=1S/C14H28N2O2/c1-11(2)7-13(9-15)8-14(17)16-5-6-18-10-12-3-4-12/h11-13H,3-10,15H2,1-2H3,(H,16,17). The first kappa shape index (κ1) is 15.4. The van der Waals surface area contributed by atoms with Gasteiger partial charge >= 0.3 is 0 Å². The Hall–Kier alpha value is -0.610. The van der Waals surface area contributed by atoms with Gasteiger partial charge in [0.15, 0.2) is 0 Å². The Morgan fingerprint density at radius 2 is 2.17 bits per heavy atom. The van der Waals surface area contributed by atoms with Crippen molar-refractivity contribution in [3.63, 3.8) is 0 Å². The molecule has 1 unspecified atom stereocenters. The molecule has 0 aromatic heterocycles. The second kappa shape index (κ2) is 8.48. The van der Waals surface area contributed by atoms with E-state index in [-0.39, 0.29) is 5.91 Å². The van der Waals surface area contributed by atoms with Crippen LogP contribution < -0.4 is 11.1 Å². The van der Waals surface area contributed by atoms with Crippen molar-refractivity contribution >= 4 is 5.91 Å². The molecule has 0 aliphatic heterocycles. The SMILES string of the molecule is CC(C)CC(CN)CC(=O)NCCOCC1CC1. The fourth-order valence-electron chi connectivity index (χ4n) is 2.06. The molecule has 0 radical (unpaired) electrons. The first-order chi connectivity index (χ1) is 8.61. The lowest BCUT2D eigenvalue weighted by atomic mass is 9.94. The van der Waals surface area contributed by atoms with Crippen molar-refractivity contribution in [2.75, 3.05) is 26.3 Å². The summed E-state index contributed by atoms with van der Waals surface area (Å²) in [6, 6.07) is 0. The van der Waals surface area contributed by atoms with Crippen LogP contribution in [0.3, 0.4) is 0 Å². The summed E-state index contributed by atoms with van der Waals surface area (Å²) in [5.41, 5.74) is 5.68. The molecule has 1 atom stereocenters. The molecule has 0 spiro atoms. The Kier molecular flexibility index (Phi) is 7.28. The maximum absolute atomic E-state index is 11.7. The maximum atomic E-state index is 11.7. The van der Waals surface area contributed by atoms with E-state index >= 15 is 0 Å². The average Bonchev–Trinajstić information content (AvgIpc) is 3.11. The second-order valence-electron chi connectivity index (χ2n) is 5.80. The summed E-state index contributed by atoms with van der Waals surface area (Å²) in [6.07, 6.45) is 4.17. The second-order valence-corrected chi connectivity index (χ2v) is 5.80. The maximum Gasteiger partial charge on any atom is 0.220 e. The number of carbonyl (C=O) groups is 1. The summed E-state index contributed by atoms with van der Waals surface area (Å²) in [5, 5.41) is 2.90. The zero-order valence-corrected chi connectivity index (χ0v) is 11.8. The van der Waals surface area contributed by atoms with Gasteiger partial charge in [-0.15, -0.1) is 0 Å². The van der Waals surface area contributed by atoms with Crippen molar-refractivity contribution in [2.24, 2.45) is 23.5 Å². The highest BCUT2D eigenvalue weighted by atomic mass is 16.5. The Balaban J connectivity index is 1.99. The minimum absolute atomic E-state index is 0.0983. The van der Waals surface area contributed by atoms with Gasteiger partial charge in [-0.2, -0.15) is 0 Å². The van der Waals surface area contributed by atoms with Crippen molar-refractivity contribution in [3.8, 4) is 0 Å². The number of rotatable bonds is 10. The van der Waals surface area contributed by atoms with E-state index in [9.17, 15) is 4.79 Å². The molecule has 106 valence electrons. The molecular weight excluding hydrogens is 228 g/mol. The van der Waals surface area contributed by atoms with Crippen LogP contribution in [-0.2, 0) is 9.53 Å².